The lowest BCUT2D eigenvalue weighted by molar-refractivity contribution is -0.0941. The summed E-state index contributed by atoms with van der Waals surface area (Å²) in [6, 6.07) is 8.26. The molecule has 2 heteroatoms. The first-order valence-electron chi connectivity index (χ1n) is 7.56. The van der Waals surface area contributed by atoms with Crippen molar-refractivity contribution in [2.45, 2.75) is 26.9 Å². The first kappa shape index (κ1) is 13.7. The van der Waals surface area contributed by atoms with Crippen LogP contribution in [0, 0.1) is 23.7 Å². The van der Waals surface area contributed by atoms with Crippen molar-refractivity contribution in [2.24, 2.45) is 23.7 Å². The molecule has 0 spiro atoms. The van der Waals surface area contributed by atoms with E-state index in [4.69, 9.17) is 9.47 Å². The molecule has 0 unspecified atom stereocenters. The molecule has 1 aliphatic heterocycles. The number of benzene rings is 1. The largest absolute Gasteiger partial charge is 0.496 e. The second-order valence-electron chi connectivity index (χ2n) is 6.31. The molecule has 1 heterocycles. The summed E-state index contributed by atoms with van der Waals surface area (Å²) in [6.45, 7) is 7.80. The van der Waals surface area contributed by atoms with Gasteiger partial charge in [-0.25, -0.2) is 0 Å². The van der Waals surface area contributed by atoms with Gasteiger partial charge in [-0.15, -0.1) is 0 Å². The Bertz CT molecular complexity index is 520. The van der Waals surface area contributed by atoms with Crippen LogP contribution >= 0.6 is 0 Å². The summed E-state index contributed by atoms with van der Waals surface area (Å²) < 4.78 is 11.8. The van der Waals surface area contributed by atoms with Crippen LogP contribution in [0.5, 0.6) is 5.75 Å². The number of ether oxygens (including phenoxy) is 2. The molecule has 3 rings (SSSR count). The average molecular weight is 272 g/mol. The highest BCUT2D eigenvalue weighted by atomic mass is 16.5. The second-order valence-corrected chi connectivity index (χ2v) is 6.31. The molecule has 0 amide bonds. The minimum absolute atomic E-state index is 0.126. The molecule has 2 bridgehead atoms. The SMILES string of the molecule is COc1ccccc1[C@H]1OC[C@H]2[C@@H](C)[C@@H]1C(C)=C[C@H]2C. The Kier molecular flexibility index (Phi) is 3.59. The summed E-state index contributed by atoms with van der Waals surface area (Å²) in [7, 11) is 1.74. The van der Waals surface area contributed by atoms with Crippen LogP contribution in [0.2, 0.25) is 0 Å². The quantitative estimate of drug-likeness (QED) is 0.750. The molecular weight excluding hydrogens is 248 g/mol. The standard InChI is InChI=1S/C18H24O2/c1-11-9-12(2)17-13(3)15(11)10-20-18(17)14-7-5-6-8-16(14)19-4/h5-9,11,13,15,17-18H,10H2,1-4H3/t11-,13-,15-,17+,18-/m1/s1. The number of methoxy groups -OCH3 is 1. The van der Waals surface area contributed by atoms with E-state index in [1.54, 1.807) is 7.11 Å². The molecule has 0 aromatic heterocycles. The summed E-state index contributed by atoms with van der Waals surface area (Å²) >= 11 is 0. The topological polar surface area (TPSA) is 18.5 Å². The van der Waals surface area contributed by atoms with E-state index in [0.29, 0.717) is 23.7 Å². The molecule has 1 fully saturated rings. The zero-order chi connectivity index (χ0) is 14.3. The van der Waals surface area contributed by atoms with E-state index in [0.717, 1.165) is 12.4 Å². The highest BCUT2D eigenvalue weighted by molar-refractivity contribution is 5.37. The van der Waals surface area contributed by atoms with Crippen LogP contribution in [-0.2, 0) is 4.74 Å². The van der Waals surface area contributed by atoms with Crippen LogP contribution in [0.1, 0.15) is 32.4 Å². The fourth-order valence-electron chi connectivity index (χ4n) is 4.13. The molecule has 1 saturated heterocycles. The smallest absolute Gasteiger partial charge is 0.124 e. The van der Waals surface area contributed by atoms with Gasteiger partial charge in [-0.1, -0.05) is 43.7 Å². The van der Waals surface area contributed by atoms with E-state index < -0.39 is 0 Å². The summed E-state index contributed by atoms with van der Waals surface area (Å²) in [5.74, 6) is 3.35. The van der Waals surface area contributed by atoms with Crippen molar-refractivity contribution in [3.63, 3.8) is 0 Å². The van der Waals surface area contributed by atoms with E-state index in [2.05, 4.69) is 39.0 Å². The summed E-state index contributed by atoms with van der Waals surface area (Å²) in [5.41, 5.74) is 2.66. The van der Waals surface area contributed by atoms with Crippen molar-refractivity contribution < 1.29 is 9.47 Å². The monoisotopic (exact) mass is 272 g/mol. The minimum atomic E-state index is 0.126. The normalized spacial score (nSPS) is 36.4. The van der Waals surface area contributed by atoms with Gasteiger partial charge in [0, 0.05) is 11.5 Å². The van der Waals surface area contributed by atoms with E-state index in [9.17, 15) is 0 Å². The van der Waals surface area contributed by atoms with Crippen LogP contribution in [-0.4, -0.2) is 13.7 Å². The van der Waals surface area contributed by atoms with Crippen LogP contribution < -0.4 is 4.74 Å². The van der Waals surface area contributed by atoms with Gasteiger partial charge in [0.25, 0.3) is 0 Å². The third kappa shape index (κ3) is 2.07. The lowest BCUT2D eigenvalue weighted by Crippen LogP contribution is -2.42. The van der Waals surface area contributed by atoms with Crippen molar-refractivity contribution in [2.75, 3.05) is 13.7 Å². The summed E-state index contributed by atoms with van der Waals surface area (Å²) in [4.78, 5) is 0. The van der Waals surface area contributed by atoms with E-state index in [1.807, 2.05) is 12.1 Å². The van der Waals surface area contributed by atoms with E-state index in [-0.39, 0.29) is 6.10 Å². The Morgan fingerprint density at radius 1 is 1.20 bits per heavy atom. The zero-order valence-electron chi connectivity index (χ0n) is 12.8. The van der Waals surface area contributed by atoms with Crippen molar-refractivity contribution in [1.82, 2.24) is 0 Å². The van der Waals surface area contributed by atoms with Crippen molar-refractivity contribution in [1.29, 1.82) is 0 Å². The molecule has 0 radical (unpaired) electrons. The molecule has 2 nitrogen and oxygen atoms in total. The Morgan fingerprint density at radius 2 is 1.95 bits per heavy atom. The molecule has 108 valence electrons. The van der Waals surface area contributed by atoms with Gasteiger partial charge >= 0.3 is 0 Å². The van der Waals surface area contributed by atoms with Gasteiger partial charge < -0.3 is 9.47 Å². The molecular formula is C18H24O2. The lowest BCUT2D eigenvalue weighted by atomic mass is 9.64. The van der Waals surface area contributed by atoms with Crippen LogP contribution in [0.25, 0.3) is 0 Å². The third-order valence-electron chi connectivity index (χ3n) is 5.21. The van der Waals surface area contributed by atoms with Gasteiger partial charge in [-0.2, -0.15) is 0 Å². The Balaban J connectivity index is 2.01. The van der Waals surface area contributed by atoms with Crippen LogP contribution in [0.3, 0.4) is 0 Å². The van der Waals surface area contributed by atoms with Crippen LogP contribution in [0.4, 0.5) is 0 Å². The van der Waals surface area contributed by atoms with Crippen LogP contribution in [0.15, 0.2) is 35.9 Å². The van der Waals surface area contributed by atoms with Crippen molar-refractivity contribution in [3.8, 4) is 5.75 Å². The Hall–Kier alpha value is -1.28. The number of allylic oxidation sites excluding steroid dienone is 1. The van der Waals surface area contributed by atoms with E-state index >= 15 is 0 Å². The third-order valence-corrected chi connectivity index (χ3v) is 5.21. The predicted octanol–water partition coefficient (Wildman–Crippen LogP) is 4.23. The number of para-hydroxylation sites is 1. The van der Waals surface area contributed by atoms with Gasteiger partial charge in [0.15, 0.2) is 0 Å². The Labute approximate surface area is 121 Å². The zero-order valence-corrected chi connectivity index (χ0v) is 12.8. The van der Waals surface area contributed by atoms with Gasteiger partial charge in [0.2, 0.25) is 0 Å². The Morgan fingerprint density at radius 3 is 2.70 bits per heavy atom. The number of fused-ring (bicyclic) bond motifs is 2. The molecule has 0 saturated carbocycles. The molecule has 20 heavy (non-hydrogen) atoms. The first-order chi connectivity index (χ1) is 9.63. The molecule has 0 N–H and O–H groups in total. The minimum Gasteiger partial charge on any atom is -0.496 e. The highest BCUT2D eigenvalue weighted by Gasteiger charge is 2.44. The molecule has 1 aromatic rings. The lowest BCUT2D eigenvalue weighted by Gasteiger charge is -2.47. The molecule has 2 aliphatic rings. The number of rotatable bonds is 2. The maximum Gasteiger partial charge on any atom is 0.124 e. The first-order valence-corrected chi connectivity index (χ1v) is 7.56. The maximum atomic E-state index is 6.26. The fourth-order valence-corrected chi connectivity index (χ4v) is 4.13. The van der Waals surface area contributed by atoms with Crippen molar-refractivity contribution in [3.05, 3.63) is 41.5 Å². The average Bonchev–Trinajstić information content (AvgIpc) is 2.44. The maximum absolute atomic E-state index is 6.26. The fraction of sp³-hybridized carbons (Fsp3) is 0.556. The van der Waals surface area contributed by atoms with Crippen molar-refractivity contribution >= 4 is 0 Å². The second kappa shape index (κ2) is 5.25. The summed E-state index contributed by atoms with van der Waals surface area (Å²) in [5, 5.41) is 0. The van der Waals surface area contributed by atoms with E-state index in [1.165, 1.54) is 11.1 Å². The van der Waals surface area contributed by atoms with Gasteiger partial charge in [-0.3, -0.25) is 0 Å². The number of hydrogen-bond acceptors (Lipinski definition) is 2. The van der Waals surface area contributed by atoms with Gasteiger partial charge in [0.1, 0.15) is 5.75 Å². The molecule has 1 aliphatic carbocycles. The van der Waals surface area contributed by atoms with Gasteiger partial charge in [0.05, 0.1) is 19.8 Å². The van der Waals surface area contributed by atoms with Gasteiger partial charge in [-0.05, 0) is 30.7 Å². The highest BCUT2D eigenvalue weighted by Crippen LogP contribution is 2.50. The molecule has 5 atom stereocenters. The number of hydrogen-bond donors (Lipinski definition) is 0. The predicted molar refractivity (Wildman–Crippen MR) is 80.8 cm³/mol. The summed E-state index contributed by atoms with van der Waals surface area (Å²) in [6.07, 6.45) is 2.57. The molecule has 1 aromatic carbocycles.